The van der Waals surface area contributed by atoms with Crippen LogP contribution in [0.1, 0.15) is 30.0 Å². The molecule has 0 saturated heterocycles. The lowest BCUT2D eigenvalue weighted by molar-refractivity contribution is -0.139. The molecule has 4 rings (SSSR count). The molecule has 0 N–H and O–H groups in total. The number of fused-ring (bicyclic) bond motifs is 3. The average Bonchev–Trinajstić information content (AvgIpc) is 3.09. The Balaban J connectivity index is 2.04. The van der Waals surface area contributed by atoms with Gasteiger partial charge in [0.05, 0.1) is 25.7 Å². The second-order valence-electron chi connectivity index (χ2n) is 7.60. The lowest BCUT2D eigenvalue weighted by atomic mass is 10.0. The van der Waals surface area contributed by atoms with Crippen molar-refractivity contribution in [3.63, 3.8) is 0 Å². The molecule has 1 heterocycles. The Labute approximate surface area is 177 Å². The summed E-state index contributed by atoms with van der Waals surface area (Å²) in [5, 5.41) is 2.38. The van der Waals surface area contributed by atoms with Gasteiger partial charge in [0.15, 0.2) is 0 Å². The maximum absolute atomic E-state index is 12.1. The molecule has 154 valence electrons. The van der Waals surface area contributed by atoms with E-state index in [1.165, 1.54) is 23.4 Å². The smallest absolute Gasteiger partial charge is 0.310 e. The topological polar surface area (TPSA) is 40.5 Å². The maximum Gasteiger partial charge on any atom is 0.310 e. The summed E-state index contributed by atoms with van der Waals surface area (Å²) in [4.78, 5) is 12.1. The number of rotatable bonds is 7. The van der Waals surface area contributed by atoms with Gasteiger partial charge in [-0.1, -0.05) is 61.5 Å². The van der Waals surface area contributed by atoms with Gasteiger partial charge < -0.3 is 14.0 Å². The number of hydrogen-bond acceptors (Lipinski definition) is 3. The van der Waals surface area contributed by atoms with Gasteiger partial charge in [0.1, 0.15) is 5.75 Å². The van der Waals surface area contributed by atoms with Gasteiger partial charge in [-0.3, -0.25) is 4.79 Å². The van der Waals surface area contributed by atoms with E-state index < -0.39 is 0 Å². The fourth-order valence-electron chi connectivity index (χ4n) is 4.14. The summed E-state index contributed by atoms with van der Waals surface area (Å²) in [5.74, 6) is 0.524. The first kappa shape index (κ1) is 20.0. The number of para-hydroxylation sites is 1. The molecule has 0 fully saturated rings. The van der Waals surface area contributed by atoms with E-state index in [0.717, 1.165) is 40.9 Å². The van der Waals surface area contributed by atoms with Crippen molar-refractivity contribution in [2.45, 2.75) is 33.2 Å². The minimum atomic E-state index is -0.263. The third kappa shape index (κ3) is 3.65. The summed E-state index contributed by atoms with van der Waals surface area (Å²) < 4.78 is 13.5. The number of esters is 1. The van der Waals surface area contributed by atoms with Crippen LogP contribution >= 0.6 is 0 Å². The Kier molecular flexibility index (Phi) is 5.75. The first-order chi connectivity index (χ1) is 14.6. The second kappa shape index (κ2) is 8.62. The van der Waals surface area contributed by atoms with Crippen LogP contribution in [0.5, 0.6) is 5.75 Å². The Morgan fingerprint density at radius 2 is 1.77 bits per heavy atom. The zero-order chi connectivity index (χ0) is 21.1. The van der Waals surface area contributed by atoms with Crippen LogP contribution in [0.2, 0.25) is 0 Å². The number of ether oxygens (including phenoxy) is 2. The van der Waals surface area contributed by atoms with Crippen LogP contribution in [0, 0.1) is 6.92 Å². The molecule has 4 nitrogen and oxygen atoms in total. The van der Waals surface area contributed by atoms with Crippen LogP contribution in [-0.2, 0) is 22.5 Å². The lowest BCUT2D eigenvalue weighted by Crippen LogP contribution is -2.09. The molecule has 0 aliphatic carbocycles. The zero-order valence-corrected chi connectivity index (χ0v) is 17.8. The largest absolute Gasteiger partial charge is 0.491 e. The van der Waals surface area contributed by atoms with E-state index in [0.29, 0.717) is 6.61 Å². The number of nitrogens with zero attached hydrogens (tertiary/aromatic N) is 1. The van der Waals surface area contributed by atoms with E-state index in [1.807, 2.05) is 6.07 Å². The molecule has 0 aliphatic heterocycles. The third-order valence-corrected chi connectivity index (χ3v) is 5.46. The molecule has 4 heteroatoms. The molecule has 0 bridgehead atoms. The lowest BCUT2D eigenvalue weighted by Gasteiger charge is -2.17. The Morgan fingerprint density at radius 1 is 1.03 bits per heavy atom. The average molecular weight is 402 g/mol. The van der Waals surface area contributed by atoms with Crippen LogP contribution in [0.25, 0.3) is 21.8 Å². The van der Waals surface area contributed by atoms with E-state index in [2.05, 4.69) is 73.0 Å². The highest BCUT2D eigenvalue weighted by molar-refractivity contribution is 6.12. The summed E-state index contributed by atoms with van der Waals surface area (Å²) in [6, 6.07) is 21.0. The monoisotopic (exact) mass is 401 g/mol. The molecule has 0 spiro atoms. The van der Waals surface area contributed by atoms with Gasteiger partial charge in [-0.2, -0.15) is 0 Å². The van der Waals surface area contributed by atoms with Crippen molar-refractivity contribution in [3.8, 4) is 5.75 Å². The van der Waals surface area contributed by atoms with Gasteiger partial charge in [0.2, 0.25) is 0 Å². The zero-order valence-electron chi connectivity index (χ0n) is 17.8. The van der Waals surface area contributed by atoms with E-state index in [9.17, 15) is 4.79 Å². The van der Waals surface area contributed by atoms with Crippen molar-refractivity contribution in [3.05, 3.63) is 77.4 Å². The number of aryl methyl sites for hydroxylation is 1. The van der Waals surface area contributed by atoms with E-state index in [1.54, 1.807) is 0 Å². The predicted octanol–water partition coefficient (Wildman–Crippen LogP) is 5.66. The van der Waals surface area contributed by atoms with Gasteiger partial charge >= 0.3 is 5.97 Å². The first-order valence-electron chi connectivity index (χ1n) is 10.4. The van der Waals surface area contributed by atoms with Crippen molar-refractivity contribution in [2.24, 2.45) is 0 Å². The normalized spacial score (nSPS) is 11.2. The number of aromatic nitrogens is 1. The molecule has 1 aromatic heterocycles. The minimum Gasteiger partial charge on any atom is -0.491 e. The fourth-order valence-corrected chi connectivity index (χ4v) is 4.14. The highest BCUT2D eigenvalue weighted by Crippen LogP contribution is 2.40. The highest BCUT2D eigenvalue weighted by atomic mass is 16.5. The minimum absolute atomic E-state index is 0.194. The van der Waals surface area contributed by atoms with Gasteiger partial charge in [-0.25, -0.2) is 0 Å². The fraction of sp³-hybridized carbons (Fsp3) is 0.269. The van der Waals surface area contributed by atoms with Crippen LogP contribution in [-0.4, -0.2) is 24.3 Å². The summed E-state index contributed by atoms with van der Waals surface area (Å²) in [6.45, 7) is 5.52. The summed E-state index contributed by atoms with van der Waals surface area (Å²) in [7, 11) is 1.42. The number of carbonyl (C=O) groups is 1. The molecule has 0 amide bonds. The van der Waals surface area contributed by atoms with Crippen LogP contribution in [0.15, 0.2) is 60.7 Å². The standard InChI is InChI=1S/C26H27NO3/c1-4-14-30-26-20(16-23(28)29-3)15-18(2)24-21-12-8-9-13-22(21)27(25(24)26)17-19-10-6-5-7-11-19/h5-13,15H,4,14,16-17H2,1-3H3. The SMILES string of the molecule is CCCOc1c(CC(=O)OC)cc(C)c2c3ccccc3n(Cc3ccccc3)c12. The molecule has 0 radical (unpaired) electrons. The molecule has 0 aliphatic rings. The van der Waals surface area contributed by atoms with E-state index >= 15 is 0 Å². The summed E-state index contributed by atoms with van der Waals surface area (Å²) >= 11 is 0. The van der Waals surface area contributed by atoms with Crippen LogP contribution in [0.3, 0.4) is 0 Å². The van der Waals surface area contributed by atoms with E-state index in [-0.39, 0.29) is 12.4 Å². The molecule has 0 atom stereocenters. The van der Waals surface area contributed by atoms with Crippen molar-refractivity contribution in [2.75, 3.05) is 13.7 Å². The highest BCUT2D eigenvalue weighted by Gasteiger charge is 2.22. The van der Waals surface area contributed by atoms with Gasteiger partial charge in [0.25, 0.3) is 0 Å². The predicted molar refractivity (Wildman–Crippen MR) is 121 cm³/mol. The number of carbonyl (C=O) groups excluding carboxylic acids is 1. The Bertz CT molecular complexity index is 1190. The summed E-state index contributed by atoms with van der Waals surface area (Å²) in [5.41, 5.74) is 5.44. The van der Waals surface area contributed by atoms with Gasteiger partial charge in [-0.05, 0) is 30.5 Å². The molecule has 30 heavy (non-hydrogen) atoms. The number of hydrogen-bond donors (Lipinski definition) is 0. The van der Waals surface area contributed by atoms with Gasteiger partial charge in [-0.15, -0.1) is 0 Å². The quantitative estimate of drug-likeness (QED) is 0.375. The number of methoxy groups -OCH3 is 1. The third-order valence-electron chi connectivity index (χ3n) is 5.46. The van der Waals surface area contributed by atoms with Gasteiger partial charge in [0, 0.05) is 28.4 Å². The first-order valence-corrected chi connectivity index (χ1v) is 10.4. The van der Waals surface area contributed by atoms with Crippen molar-refractivity contribution in [1.29, 1.82) is 0 Å². The molecule has 3 aromatic carbocycles. The second-order valence-corrected chi connectivity index (χ2v) is 7.60. The summed E-state index contributed by atoms with van der Waals surface area (Å²) in [6.07, 6.45) is 1.09. The van der Waals surface area contributed by atoms with E-state index in [4.69, 9.17) is 9.47 Å². The van der Waals surface area contributed by atoms with Crippen molar-refractivity contribution in [1.82, 2.24) is 4.57 Å². The molecule has 4 aromatic rings. The Hall–Kier alpha value is -3.27. The van der Waals surface area contributed by atoms with Crippen molar-refractivity contribution >= 4 is 27.8 Å². The maximum atomic E-state index is 12.1. The molecule has 0 unspecified atom stereocenters. The molecular weight excluding hydrogens is 374 g/mol. The molecule has 0 saturated carbocycles. The Morgan fingerprint density at radius 3 is 2.50 bits per heavy atom. The molecular formula is C26H27NO3. The van der Waals surface area contributed by atoms with Crippen LogP contribution in [0.4, 0.5) is 0 Å². The van der Waals surface area contributed by atoms with Crippen molar-refractivity contribution < 1.29 is 14.3 Å². The number of benzene rings is 3. The van der Waals surface area contributed by atoms with Crippen LogP contribution < -0.4 is 4.74 Å².